The highest BCUT2D eigenvalue weighted by Gasteiger charge is 2.26. The van der Waals surface area contributed by atoms with Crippen LogP contribution in [-0.4, -0.2) is 39.4 Å². The summed E-state index contributed by atoms with van der Waals surface area (Å²) in [4.78, 5) is 2.40. The Morgan fingerprint density at radius 3 is 2.90 bits per heavy atom. The van der Waals surface area contributed by atoms with Gasteiger partial charge in [-0.05, 0) is 31.4 Å². The fraction of sp³-hybridized carbons (Fsp3) is 0.438. The van der Waals surface area contributed by atoms with Gasteiger partial charge >= 0.3 is 0 Å². The Morgan fingerprint density at radius 1 is 1.40 bits per heavy atom. The molecule has 1 aliphatic rings. The molecule has 0 bridgehead atoms. The minimum atomic E-state index is -0.210. The van der Waals surface area contributed by atoms with Crippen LogP contribution >= 0.6 is 0 Å². The van der Waals surface area contributed by atoms with E-state index in [-0.39, 0.29) is 6.10 Å². The Balaban J connectivity index is 1.72. The maximum absolute atomic E-state index is 9.68. The van der Waals surface area contributed by atoms with E-state index in [0.29, 0.717) is 5.92 Å². The number of aromatic nitrogens is 2. The highest BCUT2D eigenvalue weighted by molar-refractivity contribution is 5.62. The summed E-state index contributed by atoms with van der Waals surface area (Å²) in [6.45, 7) is 4.80. The van der Waals surface area contributed by atoms with E-state index in [2.05, 4.69) is 27.2 Å². The van der Waals surface area contributed by atoms with Crippen LogP contribution in [0.4, 0.5) is 0 Å². The lowest BCUT2D eigenvalue weighted by Gasteiger charge is -2.17. The third-order valence-electron chi connectivity index (χ3n) is 4.17. The van der Waals surface area contributed by atoms with Crippen molar-refractivity contribution in [1.82, 2.24) is 15.1 Å². The second kappa shape index (κ2) is 5.77. The predicted molar refractivity (Wildman–Crippen MR) is 79.1 cm³/mol. The van der Waals surface area contributed by atoms with Gasteiger partial charge in [-0.2, -0.15) is 5.10 Å². The number of hydrogen-bond donors (Lipinski definition) is 2. The average molecular weight is 271 g/mol. The second-order valence-corrected chi connectivity index (χ2v) is 5.66. The molecule has 1 aromatic carbocycles. The first-order chi connectivity index (χ1) is 9.74. The number of hydrogen-bond acceptors (Lipinski definition) is 3. The smallest absolute Gasteiger partial charge is 0.0695 e. The molecule has 2 unspecified atom stereocenters. The topological polar surface area (TPSA) is 52.1 Å². The molecule has 106 valence electrons. The molecular weight excluding hydrogens is 250 g/mol. The first-order valence-electron chi connectivity index (χ1n) is 7.22. The standard InChI is InChI=1S/C16H21N3O/c1-12(20)14-7-8-19(10-14)11-15-9-17-18-16(15)13-5-3-2-4-6-13/h2-6,9,12,14,20H,7-8,10-11H2,1H3,(H,17,18). The van der Waals surface area contributed by atoms with Gasteiger partial charge in [-0.15, -0.1) is 0 Å². The number of H-pyrrole nitrogens is 1. The minimum absolute atomic E-state index is 0.210. The Kier molecular flexibility index (Phi) is 3.85. The molecule has 0 spiro atoms. The molecule has 0 saturated carbocycles. The van der Waals surface area contributed by atoms with Crippen LogP contribution in [-0.2, 0) is 6.54 Å². The van der Waals surface area contributed by atoms with Crippen molar-refractivity contribution in [2.75, 3.05) is 13.1 Å². The number of likely N-dealkylation sites (tertiary alicyclic amines) is 1. The van der Waals surface area contributed by atoms with Crippen molar-refractivity contribution in [3.63, 3.8) is 0 Å². The van der Waals surface area contributed by atoms with Gasteiger partial charge in [-0.3, -0.25) is 10.00 Å². The van der Waals surface area contributed by atoms with Crippen LogP contribution in [0.2, 0.25) is 0 Å². The van der Waals surface area contributed by atoms with Crippen LogP contribution < -0.4 is 0 Å². The summed E-state index contributed by atoms with van der Waals surface area (Å²) in [7, 11) is 0. The Labute approximate surface area is 119 Å². The molecule has 0 aliphatic carbocycles. The SMILES string of the molecule is CC(O)C1CCN(Cc2cn[nH]c2-c2ccccc2)C1. The first kappa shape index (κ1) is 13.3. The summed E-state index contributed by atoms with van der Waals surface area (Å²) in [5.41, 5.74) is 3.50. The summed E-state index contributed by atoms with van der Waals surface area (Å²) in [5.74, 6) is 0.405. The second-order valence-electron chi connectivity index (χ2n) is 5.66. The molecule has 2 aromatic rings. The molecule has 20 heavy (non-hydrogen) atoms. The number of aliphatic hydroxyl groups excluding tert-OH is 1. The van der Waals surface area contributed by atoms with Gasteiger partial charge in [0.2, 0.25) is 0 Å². The molecule has 1 aliphatic heterocycles. The van der Waals surface area contributed by atoms with Crippen LogP contribution in [0.3, 0.4) is 0 Å². The zero-order valence-corrected chi connectivity index (χ0v) is 11.8. The van der Waals surface area contributed by atoms with E-state index in [1.807, 2.05) is 31.3 Å². The highest BCUT2D eigenvalue weighted by atomic mass is 16.3. The fourth-order valence-corrected chi connectivity index (χ4v) is 2.93. The van der Waals surface area contributed by atoms with Crippen LogP contribution in [0, 0.1) is 5.92 Å². The Morgan fingerprint density at radius 2 is 2.20 bits per heavy atom. The van der Waals surface area contributed by atoms with Gasteiger partial charge in [0.1, 0.15) is 0 Å². The molecule has 2 N–H and O–H groups in total. The largest absolute Gasteiger partial charge is 0.393 e. The molecular formula is C16H21N3O. The Hall–Kier alpha value is -1.65. The third-order valence-corrected chi connectivity index (χ3v) is 4.17. The maximum Gasteiger partial charge on any atom is 0.0695 e. The molecule has 3 rings (SSSR count). The highest BCUT2D eigenvalue weighted by Crippen LogP contribution is 2.25. The van der Waals surface area contributed by atoms with E-state index >= 15 is 0 Å². The lowest BCUT2D eigenvalue weighted by molar-refractivity contribution is 0.127. The molecule has 4 nitrogen and oxygen atoms in total. The van der Waals surface area contributed by atoms with Crippen molar-refractivity contribution >= 4 is 0 Å². The summed E-state index contributed by atoms with van der Waals surface area (Å²) >= 11 is 0. The number of benzene rings is 1. The molecule has 1 fully saturated rings. The van der Waals surface area contributed by atoms with Gasteiger partial charge < -0.3 is 5.11 Å². The van der Waals surface area contributed by atoms with Crippen molar-refractivity contribution in [1.29, 1.82) is 0 Å². The van der Waals surface area contributed by atoms with E-state index in [9.17, 15) is 5.11 Å². The van der Waals surface area contributed by atoms with E-state index in [0.717, 1.165) is 31.7 Å². The molecule has 2 atom stereocenters. The maximum atomic E-state index is 9.68. The average Bonchev–Trinajstić information content (AvgIpc) is 3.09. The normalized spacial score (nSPS) is 21.2. The Bertz CT molecular complexity index is 550. The van der Waals surface area contributed by atoms with E-state index in [1.54, 1.807) is 0 Å². The van der Waals surface area contributed by atoms with Crippen molar-refractivity contribution in [2.24, 2.45) is 5.92 Å². The lowest BCUT2D eigenvalue weighted by Crippen LogP contribution is -2.24. The van der Waals surface area contributed by atoms with E-state index in [1.165, 1.54) is 11.1 Å². The molecule has 1 saturated heterocycles. The monoisotopic (exact) mass is 271 g/mol. The van der Waals surface area contributed by atoms with Crippen LogP contribution in [0.15, 0.2) is 36.5 Å². The summed E-state index contributed by atoms with van der Waals surface area (Å²) < 4.78 is 0. The van der Waals surface area contributed by atoms with Gasteiger partial charge in [0.25, 0.3) is 0 Å². The zero-order chi connectivity index (χ0) is 13.9. The number of aliphatic hydroxyl groups is 1. The molecule has 4 heteroatoms. The van der Waals surface area contributed by atoms with Crippen molar-refractivity contribution < 1.29 is 5.11 Å². The first-order valence-corrected chi connectivity index (χ1v) is 7.22. The van der Waals surface area contributed by atoms with Gasteiger partial charge in [-0.25, -0.2) is 0 Å². The van der Waals surface area contributed by atoms with E-state index < -0.39 is 0 Å². The van der Waals surface area contributed by atoms with Crippen molar-refractivity contribution in [3.05, 3.63) is 42.1 Å². The van der Waals surface area contributed by atoms with Crippen molar-refractivity contribution in [2.45, 2.75) is 26.0 Å². The summed E-state index contributed by atoms with van der Waals surface area (Å²) in [6.07, 6.45) is 2.78. The van der Waals surface area contributed by atoms with Crippen molar-refractivity contribution in [3.8, 4) is 11.3 Å². The van der Waals surface area contributed by atoms with Crippen LogP contribution in [0.5, 0.6) is 0 Å². The van der Waals surface area contributed by atoms with Gasteiger partial charge in [0.05, 0.1) is 18.0 Å². The van der Waals surface area contributed by atoms with Gasteiger partial charge in [0.15, 0.2) is 0 Å². The third kappa shape index (κ3) is 2.76. The summed E-state index contributed by atoms with van der Waals surface area (Å²) in [6, 6.07) is 10.3. The van der Waals surface area contributed by atoms with Gasteiger partial charge in [-0.1, -0.05) is 30.3 Å². The fourth-order valence-electron chi connectivity index (χ4n) is 2.93. The number of aromatic amines is 1. The van der Waals surface area contributed by atoms with Gasteiger partial charge in [0, 0.05) is 18.7 Å². The van der Waals surface area contributed by atoms with E-state index in [4.69, 9.17) is 0 Å². The molecule has 2 heterocycles. The van der Waals surface area contributed by atoms with Crippen LogP contribution in [0.25, 0.3) is 11.3 Å². The lowest BCUT2D eigenvalue weighted by atomic mass is 10.0. The molecule has 0 radical (unpaired) electrons. The summed E-state index contributed by atoms with van der Waals surface area (Å²) in [5, 5.41) is 17.0. The number of rotatable bonds is 4. The molecule has 0 amide bonds. The zero-order valence-electron chi connectivity index (χ0n) is 11.8. The van der Waals surface area contributed by atoms with Crippen LogP contribution in [0.1, 0.15) is 18.9 Å². The molecule has 1 aromatic heterocycles. The number of nitrogens with zero attached hydrogens (tertiary/aromatic N) is 2. The number of nitrogens with one attached hydrogen (secondary N) is 1. The quantitative estimate of drug-likeness (QED) is 0.897. The predicted octanol–water partition coefficient (Wildman–Crippen LogP) is 2.28. The minimum Gasteiger partial charge on any atom is -0.393 e.